The van der Waals surface area contributed by atoms with Gasteiger partial charge in [-0.3, -0.25) is 0 Å². The maximum absolute atomic E-state index is 4.64. The second kappa shape index (κ2) is 6.66. The zero-order valence-electron chi connectivity index (χ0n) is 12.4. The molecule has 7 heteroatoms. The van der Waals surface area contributed by atoms with Crippen LogP contribution in [0, 0.1) is 0 Å². The molecule has 0 aliphatic rings. The maximum Gasteiger partial charge on any atom is 0.191 e. The number of aromatic nitrogens is 4. The van der Waals surface area contributed by atoms with Crippen LogP contribution in [-0.2, 0) is 13.6 Å². The fourth-order valence-corrected chi connectivity index (χ4v) is 3.35. The minimum Gasteiger partial charge on any atom is -0.365 e. The quantitative estimate of drug-likeness (QED) is 0.540. The lowest BCUT2D eigenvalue weighted by atomic mass is 10.2. The van der Waals surface area contributed by atoms with Gasteiger partial charge in [-0.25, -0.2) is 14.6 Å². The minimum absolute atomic E-state index is 0.713. The van der Waals surface area contributed by atoms with Gasteiger partial charge in [0.25, 0.3) is 0 Å². The molecule has 0 radical (unpaired) electrons. The average Bonchev–Trinajstić information content (AvgIpc) is 2.81. The van der Waals surface area contributed by atoms with Crippen LogP contribution in [0.15, 0.2) is 40.1 Å². The molecule has 0 aliphatic carbocycles. The third-order valence-corrected chi connectivity index (χ3v) is 4.48. The molecule has 0 saturated carbocycles. The SMILES string of the molecule is CCSc1nc(NCc2ccccc2)c2c(Br)nn(C)c2n1. The molecule has 3 aromatic rings. The fourth-order valence-electron chi connectivity index (χ4n) is 2.19. The highest BCUT2D eigenvalue weighted by Gasteiger charge is 2.15. The maximum atomic E-state index is 4.64. The lowest BCUT2D eigenvalue weighted by molar-refractivity contribution is 0.770. The molecule has 2 heterocycles. The van der Waals surface area contributed by atoms with Crippen molar-refractivity contribution in [1.82, 2.24) is 19.7 Å². The molecule has 22 heavy (non-hydrogen) atoms. The molecule has 3 rings (SSSR count). The molecule has 0 aliphatic heterocycles. The van der Waals surface area contributed by atoms with Crippen LogP contribution >= 0.6 is 27.7 Å². The number of nitrogens with one attached hydrogen (secondary N) is 1. The van der Waals surface area contributed by atoms with Gasteiger partial charge in [0.05, 0.1) is 5.39 Å². The van der Waals surface area contributed by atoms with Crippen molar-refractivity contribution in [3.63, 3.8) is 0 Å². The molecular formula is C15H16BrN5S. The zero-order valence-corrected chi connectivity index (χ0v) is 14.8. The Hall–Kier alpha value is -1.60. The van der Waals surface area contributed by atoms with Crippen LogP contribution in [0.3, 0.4) is 0 Å². The predicted molar refractivity (Wildman–Crippen MR) is 94.2 cm³/mol. The van der Waals surface area contributed by atoms with Crippen molar-refractivity contribution in [3.8, 4) is 0 Å². The Balaban J connectivity index is 1.99. The van der Waals surface area contributed by atoms with Gasteiger partial charge in [-0.15, -0.1) is 0 Å². The number of hydrogen-bond acceptors (Lipinski definition) is 5. The van der Waals surface area contributed by atoms with Gasteiger partial charge in [0.15, 0.2) is 10.8 Å². The molecule has 1 N–H and O–H groups in total. The highest BCUT2D eigenvalue weighted by molar-refractivity contribution is 9.10. The second-order valence-electron chi connectivity index (χ2n) is 4.74. The van der Waals surface area contributed by atoms with E-state index in [0.29, 0.717) is 6.54 Å². The predicted octanol–water partition coefficient (Wildman–Crippen LogP) is 3.85. The van der Waals surface area contributed by atoms with E-state index in [-0.39, 0.29) is 0 Å². The summed E-state index contributed by atoms with van der Waals surface area (Å²) in [6.45, 7) is 2.80. The first-order valence-corrected chi connectivity index (χ1v) is 8.77. The summed E-state index contributed by atoms with van der Waals surface area (Å²) in [7, 11) is 1.89. The fraction of sp³-hybridized carbons (Fsp3) is 0.267. The summed E-state index contributed by atoms with van der Waals surface area (Å²) < 4.78 is 2.53. The van der Waals surface area contributed by atoms with E-state index in [1.165, 1.54) is 5.56 Å². The molecule has 0 bridgehead atoms. The lowest BCUT2D eigenvalue weighted by Gasteiger charge is -2.09. The summed E-state index contributed by atoms with van der Waals surface area (Å²) in [6.07, 6.45) is 0. The highest BCUT2D eigenvalue weighted by atomic mass is 79.9. The normalized spacial score (nSPS) is 11.0. The van der Waals surface area contributed by atoms with Crippen molar-refractivity contribution in [2.24, 2.45) is 7.05 Å². The number of fused-ring (bicyclic) bond motifs is 1. The third kappa shape index (κ3) is 3.10. The van der Waals surface area contributed by atoms with Crippen LogP contribution in [0.4, 0.5) is 5.82 Å². The average molecular weight is 378 g/mol. The number of rotatable bonds is 5. The van der Waals surface area contributed by atoms with Crippen molar-refractivity contribution < 1.29 is 0 Å². The second-order valence-corrected chi connectivity index (χ2v) is 6.72. The molecule has 5 nitrogen and oxygen atoms in total. The van der Waals surface area contributed by atoms with E-state index in [1.807, 2.05) is 25.2 Å². The van der Waals surface area contributed by atoms with E-state index in [2.05, 4.69) is 55.4 Å². The minimum atomic E-state index is 0.713. The van der Waals surface area contributed by atoms with Crippen LogP contribution in [-0.4, -0.2) is 25.5 Å². The summed E-state index contributed by atoms with van der Waals surface area (Å²) >= 11 is 5.12. The van der Waals surface area contributed by atoms with Crippen molar-refractivity contribution in [2.75, 3.05) is 11.1 Å². The Labute approximate surface area is 141 Å². The number of hydrogen-bond donors (Lipinski definition) is 1. The van der Waals surface area contributed by atoms with E-state index in [4.69, 9.17) is 0 Å². The van der Waals surface area contributed by atoms with Crippen LogP contribution in [0.25, 0.3) is 11.0 Å². The van der Waals surface area contributed by atoms with Crippen LogP contribution in [0.1, 0.15) is 12.5 Å². The van der Waals surface area contributed by atoms with Gasteiger partial charge in [0.2, 0.25) is 0 Å². The van der Waals surface area contributed by atoms with E-state index < -0.39 is 0 Å². The number of nitrogens with zero attached hydrogens (tertiary/aromatic N) is 4. The van der Waals surface area contributed by atoms with Crippen molar-refractivity contribution in [1.29, 1.82) is 0 Å². The van der Waals surface area contributed by atoms with E-state index >= 15 is 0 Å². The van der Waals surface area contributed by atoms with Gasteiger partial charge in [-0.05, 0) is 27.2 Å². The Kier molecular flexibility index (Phi) is 4.63. The summed E-state index contributed by atoms with van der Waals surface area (Å²) in [4.78, 5) is 9.22. The molecule has 1 aromatic carbocycles. The molecule has 0 unspecified atom stereocenters. The van der Waals surface area contributed by atoms with Gasteiger partial charge in [0.1, 0.15) is 10.4 Å². The molecule has 0 saturated heterocycles. The van der Waals surface area contributed by atoms with Crippen molar-refractivity contribution >= 4 is 44.5 Å². The van der Waals surface area contributed by atoms with Gasteiger partial charge in [0, 0.05) is 13.6 Å². The number of anilines is 1. The Morgan fingerprint density at radius 1 is 1.23 bits per heavy atom. The van der Waals surface area contributed by atoms with E-state index in [9.17, 15) is 0 Å². The summed E-state index contributed by atoms with van der Waals surface area (Å²) in [5, 5.41) is 9.48. The number of aryl methyl sites for hydroxylation is 1. The molecule has 0 atom stereocenters. The van der Waals surface area contributed by atoms with Crippen LogP contribution in [0.2, 0.25) is 0 Å². The van der Waals surface area contributed by atoms with E-state index in [0.717, 1.165) is 32.4 Å². The smallest absolute Gasteiger partial charge is 0.191 e. The molecule has 0 amide bonds. The summed E-state index contributed by atoms with van der Waals surface area (Å²) in [5.41, 5.74) is 2.03. The van der Waals surface area contributed by atoms with Gasteiger partial charge < -0.3 is 5.32 Å². The van der Waals surface area contributed by atoms with Crippen LogP contribution in [0.5, 0.6) is 0 Å². The summed E-state index contributed by atoms with van der Waals surface area (Å²) in [5.74, 6) is 1.74. The lowest BCUT2D eigenvalue weighted by Crippen LogP contribution is -2.04. The summed E-state index contributed by atoms with van der Waals surface area (Å²) in [6, 6.07) is 10.3. The Morgan fingerprint density at radius 2 is 2.00 bits per heavy atom. The van der Waals surface area contributed by atoms with Crippen LogP contribution < -0.4 is 5.32 Å². The zero-order chi connectivity index (χ0) is 15.5. The van der Waals surface area contributed by atoms with Gasteiger partial charge in [-0.1, -0.05) is 49.0 Å². The first-order chi connectivity index (χ1) is 10.7. The monoisotopic (exact) mass is 377 g/mol. The molecule has 114 valence electrons. The number of benzene rings is 1. The topological polar surface area (TPSA) is 55.6 Å². The third-order valence-electron chi connectivity index (χ3n) is 3.20. The van der Waals surface area contributed by atoms with E-state index in [1.54, 1.807) is 16.4 Å². The largest absolute Gasteiger partial charge is 0.365 e. The van der Waals surface area contributed by atoms with Gasteiger partial charge in [-0.2, -0.15) is 5.10 Å². The Bertz CT molecular complexity index is 787. The first kappa shape index (κ1) is 15.3. The standard InChI is InChI=1S/C15H16BrN5S/c1-3-22-15-18-13(17-9-10-7-5-4-6-8-10)11-12(16)20-21(2)14(11)19-15/h4-8H,3,9H2,1-2H3,(H,17,18,19). The molecule has 2 aromatic heterocycles. The Morgan fingerprint density at radius 3 is 2.73 bits per heavy atom. The number of thioether (sulfide) groups is 1. The van der Waals surface area contributed by atoms with Crippen molar-refractivity contribution in [3.05, 3.63) is 40.5 Å². The van der Waals surface area contributed by atoms with Gasteiger partial charge >= 0.3 is 0 Å². The molecule has 0 spiro atoms. The first-order valence-electron chi connectivity index (χ1n) is 7.00. The molecular weight excluding hydrogens is 362 g/mol. The number of halogens is 1. The highest BCUT2D eigenvalue weighted by Crippen LogP contribution is 2.30. The van der Waals surface area contributed by atoms with Crippen molar-refractivity contribution in [2.45, 2.75) is 18.6 Å². The molecule has 0 fully saturated rings.